The van der Waals surface area contributed by atoms with Gasteiger partial charge in [-0.05, 0) is 181 Å². The quantitative estimate of drug-likeness (QED) is 0.133. The number of para-hydroxylation sites is 9. The third-order valence-electron chi connectivity index (χ3n) is 30.1. The molecule has 33 rings (SSSR count). The summed E-state index contributed by atoms with van der Waals surface area (Å²) >= 11 is 5.30. The van der Waals surface area contributed by atoms with Crippen molar-refractivity contribution in [2.75, 3.05) is 0 Å². The average Bonchev–Trinajstić information content (AvgIpc) is 1.52. The van der Waals surface area contributed by atoms with E-state index in [-0.39, 0.29) is 0 Å². The zero-order chi connectivity index (χ0) is 96.2. The first-order chi connectivity index (χ1) is 73.0. The highest BCUT2D eigenvalue weighted by atomic mass is 32.1. The van der Waals surface area contributed by atoms with Gasteiger partial charge in [0.2, 0.25) is 0 Å². The third kappa shape index (κ3) is 12.4. The molecule has 0 atom stereocenters. The van der Waals surface area contributed by atoms with E-state index in [4.69, 9.17) is 15.0 Å². The molecule has 12 aromatic heterocycles. The van der Waals surface area contributed by atoms with Gasteiger partial charge in [0.25, 0.3) is 0 Å². The maximum absolute atomic E-state index is 4.83. The van der Waals surface area contributed by atoms with E-state index in [2.05, 4.69) is 479 Å². The smallest absolute Gasteiger partial charge is 0.127 e. The van der Waals surface area contributed by atoms with Crippen LogP contribution in [0.1, 0.15) is 0 Å². The minimum absolute atomic E-state index is 0.991. The molecule has 684 valence electrons. The standard InChI is InChI=1S/C46H26N4S.C46H28N4S.C40H24N4S/c1-2-12-27(13-3-1)49-39-21-11-9-19-35(39)41-43(49)40-34-18-8-10-20-38(34)50(44(40)42-37-25-47-26-48-46(37)51-45(41)42)28-22-23-33-31-16-5-4-14-29(31)30-15-6-7-17-32(30)36(33)24-28;1-4-14-29(15-5-1)31-24-32(30-16-6-2-7-17-30)26-34(25-31)50-38-22-12-10-20-35(38)40-43-41(45-42(44(40)50)37-27-47-28-48-46(37)51-45)36-21-11-13-23-39(36)49(43)33-18-8-3-9-19-33;1-3-11-25(12-4-1)26-19-21-28(22-20-26)44-32-17-9-7-15-29(32)34-37-35(39-36(38(34)44)31-23-41-24-42-40(31)45-39)30-16-8-10-18-33(30)43(37)27-13-5-2-6-14-27/h1-26H;1-28H;1-24H. The first kappa shape index (κ1) is 82.8. The van der Waals surface area contributed by atoms with Gasteiger partial charge in [-0.2, -0.15) is 0 Å². The van der Waals surface area contributed by atoms with E-state index in [1.807, 2.05) is 18.6 Å². The van der Waals surface area contributed by atoms with Crippen LogP contribution in [-0.2, 0) is 0 Å². The van der Waals surface area contributed by atoms with Crippen molar-refractivity contribution < 1.29 is 0 Å². The molecule has 0 aliphatic carbocycles. The van der Waals surface area contributed by atoms with Gasteiger partial charge in [-0.15, -0.1) is 34.0 Å². The van der Waals surface area contributed by atoms with Crippen molar-refractivity contribution in [2.24, 2.45) is 0 Å². The van der Waals surface area contributed by atoms with Gasteiger partial charge in [0.15, 0.2) is 0 Å². The normalized spacial score (nSPS) is 12.1. The minimum atomic E-state index is 0.991. The van der Waals surface area contributed by atoms with Crippen LogP contribution < -0.4 is 0 Å². The molecule has 0 saturated carbocycles. The number of fused-ring (bicyclic) bond motifs is 42. The first-order valence-corrected chi connectivity index (χ1v) is 51.9. The molecule has 15 heteroatoms. The van der Waals surface area contributed by atoms with Crippen LogP contribution in [0.2, 0.25) is 0 Å². The summed E-state index contributed by atoms with van der Waals surface area (Å²) < 4.78 is 18.5. The summed E-state index contributed by atoms with van der Waals surface area (Å²) in [4.78, 5) is 31.1. The van der Waals surface area contributed by atoms with Gasteiger partial charge in [-0.25, -0.2) is 29.9 Å². The Morgan fingerprint density at radius 2 is 0.374 bits per heavy atom. The Morgan fingerprint density at radius 1 is 0.150 bits per heavy atom. The fraction of sp³-hybridized carbons (Fsp3) is 0. The number of thiophene rings is 3. The van der Waals surface area contributed by atoms with E-state index >= 15 is 0 Å². The van der Waals surface area contributed by atoms with Crippen molar-refractivity contribution in [3.63, 3.8) is 0 Å². The Hall–Kier alpha value is -18.9. The Bertz CT molecular complexity index is 11200. The first-order valence-electron chi connectivity index (χ1n) is 49.5. The third-order valence-corrected chi connectivity index (χ3v) is 33.5. The van der Waals surface area contributed by atoms with Crippen molar-refractivity contribution in [1.82, 2.24) is 57.3 Å². The van der Waals surface area contributed by atoms with Crippen LogP contribution in [0.25, 0.3) is 292 Å². The SMILES string of the molecule is c1ccc(-c2cc(-c3ccccc3)cc(-n3c4ccccc4c4c5c(c6ccccc6n5-c5ccccc5)c5sc6ncncc6c5c43)c2)cc1.c1ccc(-c2ccc(-n3c4ccccc4c4c5c(c6ccccc6n5-c5ccccc5)c5sc6ncncc6c5c43)cc2)cc1.c1ccc(-n2c3ccccc3c3c4sc5ncncc5c4c4c(c5ccccc5n4-c4ccc5c6ccccc6c6ccccc6c5c4)c32)cc1. The number of nitrogens with zero attached hydrogens (tertiary/aromatic N) is 12. The summed E-state index contributed by atoms with van der Waals surface area (Å²) in [6.45, 7) is 0. The summed E-state index contributed by atoms with van der Waals surface area (Å²) in [6, 6.07) is 158. The van der Waals surface area contributed by atoms with Crippen LogP contribution in [0.5, 0.6) is 0 Å². The minimum Gasteiger partial charge on any atom is -0.308 e. The lowest BCUT2D eigenvalue weighted by molar-refractivity contribution is 1.18. The molecule has 147 heavy (non-hydrogen) atoms. The van der Waals surface area contributed by atoms with E-state index < -0.39 is 0 Å². The fourth-order valence-corrected chi connectivity index (χ4v) is 27.7. The molecule has 0 saturated heterocycles. The molecule has 0 bridgehead atoms. The van der Waals surface area contributed by atoms with E-state index in [1.165, 1.54) is 221 Å². The van der Waals surface area contributed by atoms with E-state index in [1.54, 1.807) is 53.0 Å². The maximum atomic E-state index is 4.83. The predicted molar refractivity (Wildman–Crippen MR) is 620 cm³/mol. The number of aromatic nitrogens is 12. The molecule has 0 amide bonds. The second-order valence-electron chi connectivity index (χ2n) is 37.8. The molecular formula is C132H78N12S3. The largest absolute Gasteiger partial charge is 0.308 e. The van der Waals surface area contributed by atoms with Crippen molar-refractivity contribution >= 4 is 258 Å². The second-order valence-corrected chi connectivity index (χ2v) is 40.8. The number of hydrogen-bond acceptors (Lipinski definition) is 9. The van der Waals surface area contributed by atoms with E-state index in [0.29, 0.717) is 0 Å². The Labute approximate surface area is 850 Å². The van der Waals surface area contributed by atoms with Gasteiger partial charge in [-0.1, -0.05) is 322 Å². The molecule has 33 aromatic rings. The predicted octanol–water partition coefficient (Wildman–Crippen LogP) is 35.6. The van der Waals surface area contributed by atoms with Crippen molar-refractivity contribution in [1.29, 1.82) is 0 Å². The van der Waals surface area contributed by atoms with Gasteiger partial charge in [0.1, 0.15) is 33.5 Å². The van der Waals surface area contributed by atoms with E-state index in [0.717, 1.165) is 70.3 Å². The molecule has 0 N–H and O–H groups in total. The summed E-state index contributed by atoms with van der Waals surface area (Å²) in [5.74, 6) is 0. The average molecular weight is 1930 g/mol. The molecule has 0 spiro atoms. The number of rotatable bonds is 9. The van der Waals surface area contributed by atoms with Crippen LogP contribution in [-0.4, -0.2) is 57.3 Å². The van der Waals surface area contributed by atoms with Gasteiger partial charge < -0.3 is 27.4 Å². The Morgan fingerprint density at radius 3 is 0.694 bits per heavy atom. The molecule has 0 aliphatic rings. The fourth-order valence-electron chi connectivity index (χ4n) is 24.2. The van der Waals surface area contributed by atoms with Gasteiger partial charge in [-0.3, -0.25) is 0 Å². The van der Waals surface area contributed by atoms with Gasteiger partial charge in [0.05, 0.1) is 66.2 Å². The maximum Gasteiger partial charge on any atom is 0.127 e. The highest BCUT2D eigenvalue weighted by Crippen LogP contribution is 2.57. The Balaban J connectivity index is 0.000000100. The van der Waals surface area contributed by atoms with Crippen molar-refractivity contribution in [3.8, 4) is 67.5 Å². The van der Waals surface area contributed by atoms with Crippen LogP contribution in [0.15, 0.2) is 474 Å². The number of benzene rings is 21. The van der Waals surface area contributed by atoms with Crippen LogP contribution in [0, 0.1) is 0 Å². The molecule has 12 nitrogen and oxygen atoms in total. The lowest BCUT2D eigenvalue weighted by Gasteiger charge is -2.15. The van der Waals surface area contributed by atoms with Gasteiger partial charge in [0, 0.05) is 164 Å². The summed E-state index contributed by atoms with van der Waals surface area (Å²) in [7, 11) is 0. The summed E-state index contributed by atoms with van der Waals surface area (Å²) in [5.41, 5.74) is 28.2. The molecule has 0 aliphatic heterocycles. The second kappa shape index (κ2) is 32.8. The molecule has 0 unspecified atom stereocenters. The number of hydrogen-bond donors (Lipinski definition) is 0. The Kier molecular flexibility index (Phi) is 18.5. The lowest BCUT2D eigenvalue weighted by atomic mass is 9.94. The zero-order valence-corrected chi connectivity index (χ0v) is 81.1. The van der Waals surface area contributed by atoms with E-state index in [9.17, 15) is 0 Å². The molecule has 12 heterocycles. The van der Waals surface area contributed by atoms with Crippen molar-refractivity contribution in [3.05, 3.63) is 474 Å². The summed E-state index contributed by atoms with van der Waals surface area (Å²) in [6.07, 6.45) is 11.0. The monoisotopic (exact) mass is 1930 g/mol. The zero-order valence-electron chi connectivity index (χ0n) is 78.6. The molecule has 0 fully saturated rings. The highest BCUT2D eigenvalue weighted by Gasteiger charge is 2.33. The van der Waals surface area contributed by atoms with Crippen molar-refractivity contribution in [2.45, 2.75) is 0 Å². The summed E-state index contributed by atoms with van der Waals surface area (Å²) in [5, 5.41) is 29.3. The molecule has 21 aromatic carbocycles. The lowest BCUT2D eigenvalue weighted by Crippen LogP contribution is -1.97. The highest BCUT2D eigenvalue weighted by molar-refractivity contribution is 7.27. The van der Waals surface area contributed by atoms with Crippen LogP contribution >= 0.6 is 34.0 Å². The van der Waals surface area contributed by atoms with Crippen LogP contribution in [0.4, 0.5) is 0 Å². The topological polar surface area (TPSA) is 107 Å². The van der Waals surface area contributed by atoms with Gasteiger partial charge >= 0.3 is 0 Å². The molecule has 0 radical (unpaired) electrons. The van der Waals surface area contributed by atoms with Crippen LogP contribution in [0.3, 0.4) is 0 Å². The molecular weight excluding hydrogens is 1850 g/mol.